The van der Waals surface area contributed by atoms with E-state index in [0.29, 0.717) is 0 Å². The predicted molar refractivity (Wildman–Crippen MR) is 43.3 cm³/mol. The van der Waals surface area contributed by atoms with E-state index < -0.39 is 6.29 Å². The van der Waals surface area contributed by atoms with E-state index in [-0.39, 0.29) is 0 Å². The van der Waals surface area contributed by atoms with Gasteiger partial charge in [-0.1, -0.05) is 26.2 Å². The Morgan fingerprint density at radius 3 is 2.45 bits per heavy atom. The quantitative estimate of drug-likeness (QED) is 0.270. The van der Waals surface area contributed by atoms with Crippen molar-refractivity contribution in [2.45, 2.75) is 45.3 Å². The summed E-state index contributed by atoms with van der Waals surface area (Å²) in [6.07, 6.45) is 5.02. The zero-order valence-electron chi connectivity index (χ0n) is 7.38. The molecule has 0 aliphatic heterocycles. The summed E-state index contributed by atoms with van der Waals surface area (Å²) in [5.41, 5.74) is 0. The zero-order valence-corrected chi connectivity index (χ0v) is 7.38. The van der Waals surface area contributed by atoms with Gasteiger partial charge in [-0.05, 0) is 6.42 Å². The van der Waals surface area contributed by atoms with Gasteiger partial charge in [-0.3, -0.25) is 0 Å². The van der Waals surface area contributed by atoms with Crippen molar-refractivity contribution in [2.75, 3.05) is 7.11 Å². The molecule has 68 valence electrons. The fraction of sp³-hybridized carbons (Fsp3) is 1.00. The third-order valence-corrected chi connectivity index (χ3v) is 1.67. The number of unbranched alkanes of at least 4 members (excludes halogenated alkanes) is 3. The molecule has 0 aromatic rings. The van der Waals surface area contributed by atoms with Gasteiger partial charge in [0, 0.05) is 13.5 Å². The van der Waals surface area contributed by atoms with Crippen molar-refractivity contribution >= 4 is 0 Å². The second-order valence-corrected chi connectivity index (χ2v) is 2.62. The van der Waals surface area contributed by atoms with Crippen molar-refractivity contribution in [1.29, 1.82) is 0 Å². The van der Waals surface area contributed by atoms with E-state index in [9.17, 15) is 0 Å². The molecule has 3 nitrogen and oxygen atoms in total. The van der Waals surface area contributed by atoms with Gasteiger partial charge in [0.2, 0.25) is 0 Å². The van der Waals surface area contributed by atoms with E-state index in [4.69, 9.17) is 9.99 Å². The van der Waals surface area contributed by atoms with Crippen molar-refractivity contribution in [3.05, 3.63) is 0 Å². The number of rotatable bonds is 7. The number of hydrogen-bond acceptors (Lipinski definition) is 3. The summed E-state index contributed by atoms with van der Waals surface area (Å²) < 4.78 is 4.81. The summed E-state index contributed by atoms with van der Waals surface area (Å²) in [5, 5.41) is 8.26. The molecule has 0 saturated carbocycles. The topological polar surface area (TPSA) is 38.7 Å². The first-order chi connectivity index (χ1) is 5.35. The number of methoxy groups -OCH3 is 1. The highest BCUT2D eigenvalue weighted by Crippen LogP contribution is 2.07. The average molecular weight is 162 g/mol. The first-order valence-electron chi connectivity index (χ1n) is 4.18. The summed E-state index contributed by atoms with van der Waals surface area (Å²) in [6.45, 7) is 2.16. The van der Waals surface area contributed by atoms with Gasteiger partial charge in [0.15, 0.2) is 6.29 Å². The molecule has 0 aromatic heterocycles. The van der Waals surface area contributed by atoms with Gasteiger partial charge >= 0.3 is 0 Å². The fourth-order valence-corrected chi connectivity index (χ4v) is 0.951. The maximum atomic E-state index is 8.26. The van der Waals surface area contributed by atoms with Crippen LogP contribution in [0.5, 0.6) is 0 Å². The van der Waals surface area contributed by atoms with Crippen molar-refractivity contribution in [3.63, 3.8) is 0 Å². The Kier molecular flexibility index (Phi) is 7.89. The highest BCUT2D eigenvalue weighted by molar-refractivity contribution is 4.44. The lowest BCUT2D eigenvalue weighted by atomic mass is 10.1. The van der Waals surface area contributed by atoms with Gasteiger partial charge in [0.05, 0.1) is 0 Å². The molecule has 0 heterocycles. The Labute approximate surface area is 68.2 Å². The van der Waals surface area contributed by atoms with Gasteiger partial charge in [-0.15, -0.1) is 0 Å². The van der Waals surface area contributed by atoms with Gasteiger partial charge in [-0.25, -0.2) is 10.1 Å². The van der Waals surface area contributed by atoms with Crippen LogP contribution < -0.4 is 0 Å². The van der Waals surface area contributed by atoms with Crippen LogP contribution in [0.15, 0.2) is 0 Å². The maximum absolute atomic E-state index is 8.26. The van der Waals surface area contributed by atoms with E-state index in [1.807, 2.05) is 0 Å². The average Bonchev–Trinajstić information content (AvgIpc) is 2.05. The van der Waals surface area contributed by atoms with Gasteiger partial charge in [-0.2, -0.15) is 0 Å². The molecule has 0 amide bonds. The normalized spacial score (nSPS) is 13.4. The Morgan fingerprint density at radius 1 is 1.27 bits per heavy atom. The molecular weight excluding hydrogens is 144 g/mol. The Bertz CT molecular complexity index is 71.7. The minimum Gasteiger partial charge on any atom is -0.353 e. The van der Waals surface area contributed by atoms with Crippen LogP contribution in [0.4, 0.5) is 0 Å². The first kappa shape index (κ1) is 10.9. The molecule has 0 spiro atoms. The van der Waals surface area contributed by atoms with E-state index in [2.05, 4.69) is 11.8 Å². The molecule has 0 fully saturated rings. The van der Waals surface area contributed by atoms with Crippen molar-refractivity contribution in [2.24, 2.45) is 0 Å². The molecule has 0 bridgehead atoms. The lowest BCUT2D eigenvalue weighted by Gasteiger charge is -2.09. The lowest BCUT2D eigenvalue weighted by molar-refractivity contribution is -0.341. The predicted octanol–water partition coefficient (Wildman–Crippen LogP) is 2.42. The second-order valence-electron chi connectivity index (χ2n) is 2.62. The SMILES string of the molecule is CCCCCCC(OC)OO. The van der Waals surface area contributed by atoms with Crippen LogP contribution >= 0.6 is 0 Å². The molecule has 3 heteroatoms. The van der Waals surface area contributed by atoms with Crippen LogP contribution in [0.1, 0.15) is 39.0 Å². The fourth-order valence-electron chi connectivity index (χ4n) is 0.951. The standard InChI is InChI=1S/C8H18O3/c1-3-4-5-6-7-8(10-2)11-9/h8-9H,3-7H2,1-2H3. The van der Waals surface area contributed by atoms with Crippen LogP contribution in [0.2, 0.25) is 0 Å². The largest absolute Gasteiger partial charge is 0.353 e. The van der Waals surface area contributed by atoms with Crippen molar-refractivity contribution < 1.29 is 14.9 Å². The third-order valence-electron chi connectivity index (χ3n) is 1.67. The van der Waals surface area contributed by atoms with Crippen LogP contribution in [-0.4, -0.2) is 18.7 Å². The van der Waals surface area contributed by atoms with Crippen LogP contribution in [0, 0.1) is 0 Å². The van der Waals surface area contributed by atoms with Crippen molar-refractivity contribution in [1.82, 2.24) is 0 Å². The van der Waals surface area contributed by atoms with Gasteiger partial charge < -0.3 is 4.74 Å². The van der Waals surface area contributed by atoms with E-state index in [1.54, 1.807) is 0 Å². The number of hydrogen-bond donors (Lipinski definition) is 1. The molecule has 0 radical (unpaired) electrons. The molecule has 0 rings (SSSR count). The van der Waals surface area contributed by atoms with Crippen molar-refractivity contribution in [3.8, 4) is 0 Å². The zero-order chi connectivity index (χ0) is 8.53. The summed E-state index contributed by atoms with van der Waals surface area (Å²) in [4.78, 5) is 4.06. The summed E-state index contributed by atoms with van der Waals surface area (Å²) in [7, 11) is 1.53. The molecule has 0 aliphatic carbocycles. The Morgan fingerprint density at radius 2 is 2.00 bits per heavy atom. The van der Waals surface area contributed by atoms with E-state index in [0.717, 1.165) is 12.8 Å². The molecule has 0 saturated heterocycles. The monoisotopic (exact) mass is 162 g/mol. The van der Waals surface area contributed by atoms with E-state index >= 15 is 0 Å². The summed E-state index contributed by atoms with van der Waals surface area (Å²) in [6, 6.07) is 0. The van der Waals surface area contributed by atoms with Crippen LogP contribution in [0.3, 0.4) is 0 Å². The summed E-state index contributed by atoms with van der Waals surface area (Å²) in [5.74, 6) is 0. The van der Waals surface area contributed by atoms with Gasteiger partial charge in [0.25, 0.3) is 0 Å². The highest BCUT2D eigenvalue weighted by Gasteiger charge is 2.04. The molecule has 0 aliphatic rings. The molecule has 1 unspecified atom stereocenters. The Hall–Kier alpha value is -0.120. The second kappa shape index (κ2) is 7.98. The lowest BCUT2D eigenvalue weighted by Crippen LogP contribution is -2.12. The molecule has 1 atom stereocenters. The maximum Gasteiger partial charge on any atom is 0.190 e. The molecule has 0 aromatic carbocycles. The summed E-state index contributed by atoms with van der Waals surface area (Å²) >= 11 is 0. The van der Waals surface area contributed by atoms with E-state index in [1.165, 1.54) is 26.4 Å². The first-order valence-corrected chi connectivity index (χ1v) is 4.18. The smallest absolute Gasteiger partial charge is 0.190 e. The van der Waals surface area contributed by atoms with Crippen LogP contribution in [-0.2, 0) is 9.62 Å². The molecule has 1 N–H and O–H groups in total. The van der Waals surface area contributed by atoms with Gasteiger partial charge in [0.1, 0.15) is 0 Å². The highest BCUT2D eigenvalue weighted by atomic mass is 17.1. The minimum absolute atomic E-state index is 0.438. The number of ether oxygens (including phenoxy) is 1. The Balaban J connectivity index is 3.07. The minimum atomic E-state index is -0.438. The molecule has 11 heavy (non-hydrogen) atoms. The molecular formula is C8H18O3. The van der Waals surface area contributed by atoms with Crippen LogP contribution in [0.25, 0.3) is 0 Å². The third kappa shape index (κ3) is 6.28.